The van der Waals surface area contributed by atoms with Gasteiger partial charge in [-0.15, -0.1) is 5.10 Å². The summed E-state index contributed by atoms with van der Waals surface area (Å²) in [7, 11) is 0. The van der Waals surface area contributed by atoms with Crippen LogP contribution in [0.4, 0.5) is 31.1 Å². The number of nitrogens with zero attached hydrogens (tertiary/aromatic N) is 3. The molecule has 4 rings (SSSR count). The van der Waals surface area contributed by atoms with Crippen LogP contribution in [0.2, 0.25) is 0 Å². The van der Waals surface area contributed by atoms with Gasteiger partial charge in [0.25, 0.3) is 0 Å². The van der Waals surface area contributed by atoms with Gasteiger partial charge in [0.1, 0.15) is 5.60 Å². The summed E-state index contributed by atoms with van der Waals surface area (Å²) in [6.45, 7) is 8.22. The molecule has 220 valence electrons. The minimum Gasteiger partial charge on any atom is -0.478 e. The Morgan fingerprint density at radius 2 is 1.46 bits per heavy atom. The standard InChI is InChI=1S/C15H21F3N2O3.C10H13F3N2O/c1-10(14(6-7-14)15(16,17)18)9-22-11-5-8-20(19-11)12(21)23-13(2,3)4;1-7(6-16-8-2-5-14-15-8)9(3-4-9)10(11,12)13/h5,8,10H,6-7,9H2,1-4H3;2,5,7H,3-4,6H2,1H3,(H,14,15). The Balaban J connectivity index is 0.000000230. The number of H-pyrrole nitrogens is 1. The van der Waals surface area contributed by atoms with Gasteiger partial charge in [0.05, 0.1) is 30.2 Å². The van der Waals surface area contributed by atoms with Crippen molar-refractivity contribution in [3.05, 3.63) is 24.5 Å². The van der Waals surface area contributed by atoms with Crippen LogP contribution in [0.5, 0.6) is 11.8 Å². The molecule has 2 aliphatic rings. The Kier molecular flexibility index (Phi) is 8.57. The Hall–Kier alpha value is -2.93. The molecule has 0 saturated heterocycles. The molecule has 0 amide bonds. The van der Waals surface area contributed by atoms with Crippen LogP contribution in [0.1, 0.15) is 60.3 Å². The Labute approximate surface area is 222 Å². The summed E-state index contributed by atoms with van der Waals surface area (Å²) in [5.74, 6) is -0.699. The second-order valence-electron chi connectivity index (χ2n) is 11.2. The van der Waals surface area contributed by atoms with Gasteiger partial charge in [-0.3, -0.25) is 0 Å². The molecule has 0 bridgehead atoms. The van der Waals surface area contributed by atoms with Gasteiger partial charge in [-0.1, -0.05) is 13.8 Å². The van der Waals surface area contributed by atoms with E-state index in [4.69, 9.17) is 14.2 Å². The number of aromatic amines is 1. The molecule has 0 spiro atoms. The molecule has 39 heavy (non-hydrogen) atoms. The first-order valence-electron chi connectivity index (χ1n) is 12.6. The largest absolute Gasteiger partial charge is 0.478 e. The van der Waals surface area contributed by atoms with Gasteiger partial charge in [-0.2, -0.15) is 36.1 Å². The van der Waals surface area contributed by atoms with E-state index >= 15 is 0 Å². The van der Waals surface area contributed by atoms with Crippen LogP contribution in [0.15, 0.2) is 24.5 Å². The molecule has 0 aromatic carbocycles. The van der Waals surface area contributed by atoms with Crippen molar-refractivity contribution in [1.82, 2.24) is 20.0 Å². The number of carbonyl (C=O) groups is 1. The van der Waals surface area contributed by atoms with Gasteiger partial charge < -0.3 is 14.2 Å². The molecule has 2 atom stereocenters. The minimum absolute atomic E-state index is 0.0572. The van der Waals surface area contributed by atoms with Gasteiger partial charge in [0.15, 0.2) is 0 Å². The normalized spacial score (nSPS) is 19.3. The lowest BCUT2D eigenvalue weighted by atomic mass is 9.91. The van der Waals surface area contributed by atoms with E-state index in [1.165, 1.54) is 25.4 Å². The van der Waals surface area contributed by atoms with Crippen LogP contribution in [-0.4, -0.2) is 57.2 Å². The maximum atomic E-state index is 13.0. The zero-order valence-electron chi connectivity index (χ0n) is 22.4. The van der Waals surface area contributed by atoms with Gasteiger partial charge in [-0.25, -0.2) is 9.89 Å². The number of hydrogen-bond donors (Lipinski definition) is 1. The topological polar surface area (TPSA) is 91.3 Å². The van der Waals surface area contributed by atoms with E-state index in [-0.39, 0.29) is 44.8 Å². The van der Waals surface area contributed by atoms with Gasteiger partial charge in [0.2, 0.25) is 11.8 Å². The monoisotopic (exact) mass is 568 g/mol. The fourth-order valence-electron chi connectivity index (χ4n) is 4.24. The molecule has 8 nitrogen and oxygen atoms in total. The predicted octanol–water partition coefficient (Wildman–Crippen LogP) is 6.79. The quantitative estimate of drug-likeness (QED) is 0.353. The van der Waals surface area contributed by atoms with Gasteiger partial charge in [0, 0.05) is 30.2 Å². The van der Waals surface area contributed by atoms with Crippen molar-refractivity contribution in [2.75, 3.05) is 13.2 Å². The SMILES string of the molecule is CC(COc1ccn(C(=O)OC(C)(C)C)n1)C1(C(F)(F)F)CC1.CC(COc1ccn[nH]1)C1(C(F)(F)F)CC1. The number of hydrogen-bond acceptors (Lipinski definition) is 6. The number of aromatic nitrogens is 4. The molecule has 0 aliphatic heterocycles. The molecule has 14 heteroatoms. The first-order valence-corrected chi connectivity index (χ1v) is 12.6. The van der Waals surface area contributed by atoms with E-state index in [1.807, 2.05) is 0 Å². The predicted molar refractivity (Wildman–Crippen MR) is 127 cm³/mol. The molecule has 1 N–H and O–H groups in total. The number of carbonyl (C=O) groups excluding carboxylic acids is 1. The molecule has 2 aliphatic carbocycles. The van der Waals surface area contributed by atoms with Crippen LogP contribution in [0.3, 0.4) is 0 Å². The average Bonchev–Trinajstić information content (AvgIpc) is 3.70. The van der Waals surface area contributed by atoms with Crippen LogP contribution in [-0.2, 0) is 4.74 Å². The number of ether oxygens (including phenoxy) is 3. The lowest BCUT2D eigenvalue weighted by Gasteiger charge is -2.25. The highest BCUT2D eigenvalue weighted by atomic mass is 19.4. The Morgan fingerprint density at radius 3 is 1.87 bits per heavy atom. The Morgan fingerprint density at radius 1 is 0.949 bits per heavy atom. The van der Waals surface area contributed by atoms with Gasteiger partial charge >= 0.3 is 18.4 Å². The van der Waals surface area contributed by atoms with Crippen LogP contribution in [0.25, 0.3) is 0 Å². The number of rotatable bonds is 8. The van der Waals surface area contributed by atoms with E-state index in [0.29, 0.717) is 5.88 Å². The van der Waals surface area contributed by atoms with E-state index in [9.17, 15) is 31.1 Å². The fourth-order valence-corrected chi connectivity index (χ4v) is 4.24. The maximum absolute atomic E-state index is 13.0. The molecule has 2 saturated carbocycles. The average molecular weight is 569 g/mol. The van der Waals surface area contributed by atoms with Crippen molar-refractivity contribution < 1.29 is 45.3 Å². The van der Waals surface area contributed by atoms with E-state index in [1.54, 1.807) is 33.8 Å². The van der Waals surface area contributed by atoms with Crippen LogP contribution < -0.4 is 9.47 Å². The molecule has 2 unspecified atom stereocenters. The highest BCUT2D eigenvalue weighted by Crippen LogP contribution is 2.63. The van der Waals surface area contributed by atoms with E-state index < -0.39 is 46.7 Å². The lowest BCUT2D eigenvalue weighted by molar-refractivity contribution is -0.204. The van der Waals surface area contributed by atoms with Crippen molar-refractivity contribution in [3.8, 4) is 11.8 Å². The maximum Gasteiger partial charge on any atom is 0.435 e. The summed E-state index contributed by atoms with van der Waals surface area (Å²) in [6.07, 6.45) is -5.47. The zero-order chi connectivity index (χ0) is 29.3. The summed E-state index contributed by atoms with van der Waals surface area (Å²) < 4.78 is 93.8. The third-order valence-corrected chi connectivity index (χ3v) is 7.18. The highest BCUT2D eigenvalue weighted by Gasteiger charge is 2.66. The van der Waals surface area contributed by atoms with E-state index in [0.717, 1.165) is 4.68 Å². The molecule has 2 fully saturated rings. The third kappa shape index (κ3) is 7.38. The Bertz CT molecular complexity index is 1080. The molecule has 2 aromatic rings. The molecular weight excluding hydrogens is 534 g/mol. The lowest BCUT2D eigenvalue weighted by Crippen LogP contribution is -2.34. The zero-order valence-corrected chi connectivity index (χ0v) is 22.4. The molecule has 2 aromatic heterocycles. The van der Waals surface area contributed by atoms with Crippen molar-refractivity contribution in [3.63, 3.8) is 0 Å². The number of nitrogens with one attached hydrogen (secondary N) is 1. The first-order chi connectivity index (χ1) is 17.9. The molecule has 2 heterocycles. The summed E-state index contributed by atoms with van der Waals surface area (Å²) in [5.41, 5.74) is -3.82. The molecular formula is C25H34F6N4O4. The second kappa shape index (κ2) is 10.9. The van der Waals surface area contributed by atoms with Crippen LogP contribution >= 0.6 is 0 Å². The van der Waals surface area contributed by atoms with Crippen molar-refractivity contribution >= 4 is 6.09 Å². The van der Waals surface area contributed by atoms with Crippen molar-refractivity contribution in [2.24, 2.45) is 22.7 Å². The number of halogens is 6. The summed E-state index contributed by atoms with van der Waals surface area (Å²) in [4.78, 5) is 11.8. The number of alkyl halides is 6. The van der Waals surface area contributed by atoms with Gasteiger partial charge in [-0.05, 0) is 46.5 Å². The first kappa shape index (κ1) is 30.6. The van der Waals surface area contributed by atoms with Crippen molar-refractivity contribution in [1.29, 1.82) is 0 Å². The smallest absolute Gasteiger partial charge is 0.435 e. The van der Waals surface area contributed by atoms with Crippen LogP contribution in [0, 0.1) is 22.7 Å². The van der Waals surface area contributed by atoms with Crippen molar-refractivity contribution in [2.45, 2.75) is 78.3 Å². The minimum atomic E-state index is -4.22. The fraction of sp³-hybridized carbons (Fsp3) is 0.720. The third-order valence-electron chi connectivity index (χ3n) is 7.18. The van der Waals surface area contributed by atoms with E-state index in [2.05, 4.69) is 15.3 Å². The summed E-state index contributed by atoms with van der Waals surface area (Å²) in [5, 5.41) is 10.1. The molecule has 0 radical (unpaired) electrons. The second-order valence-corrected chi connectivity index (χ2v) is 11.2. The highest BCUT2D eigenvalue weighted by molar-refractivity contribution is 5.69. The summed E-state index contributed by atoms with van der Waals surface area (Å²) >= 11 is 0. The summed E-state index contributed by atoms with van der Waals surface area (Å²) in [6, 6.07) is 3.00.